The minimum atomic E-state index is -1.44. The maximum absolute atomic E-state index is 12.6. The molecule has 56 heavy (non-hydrogen) atoms. The van der Waals surface area contributed by atoms with Crippen LogP contribution in [0.1, 0.15) is 202 Å². The topological polar surface area (TPSA) is 105 Å². The van der Waals surface area contributed by atoms with Gasteiger partial charge in [-0.3, -0.25) is 4.79 Å². The van der Waals surface area contributed by atoms with Gasteiger partial charge in [-0.25, -0.2) is 0 Å². The van der Waals surface area contributed by atoms with E-state index in [1.54, 1.807) is 0 Å². The molecule has 4 aliphatic carbocycles. The second-order valence-electron chi connectivity index (χ2n) is 20.5. The molecule has 4 fully saturated rings. The lowest BCUT2D eigenvalue weighted by atomic mass is 9.47. The molecule has 7 nitrogen and oxygen atoms in total. The molecule has 3 N–H and O–H groups in total. The predicted octanol–water partition coefficient (Wildman–Crippen LogP) is 11.2. The first kappa shape index (κ1) is 46.1. The van der Waals surface area contributed by atoms with E-state index in [9.17, 15) is 20.1 Å². The van der Waals surface area contributed by atoms with Crippen molar-refractivity contribution in [1.29, 1.82) is 0 Å². The Hall–Kier alpha value is -0.990. The standard InChI is InChI=1S/C49H86O7/c1-7-8-9-10-11-12-13-14-15-16-17-18-19-23-43(50)54-33-42-44(51)45(52)46(53)47(56-42)55-37-28-30-48(5)36(32-37)24-25-38-40-27-26-39(35(4)22-20-21-34(2)3)49(40,6)31-29-41(38)48/h24,34-35,37-42,44-47,51-53H,7-23,25-33H2,1-6H3/t35-,37?,38+,39-,40+,41+,42-,44+,45+,46-,47-,48+,49-/m1/s1. The van der Waals surface area contributed by atoms with Crippen LogP contribution in [0, 0.1) is 46.3 Å². The van der Waals surface area contributed by atoms with E-state index in [2.05, 4.69) is 47.6 Å². The Kier molecular flexibility index (Phi) is 18.1. The summed E-state index contributed by atoms with van der Waals surface area (Å²) in [6.45, 7) is 14.5. The molecule has 1 heterocycles. The molecule has 0 aromatic rings. The number of rotatable bonds is 23. The molecule has 1 unspecified atom stereocenters. The molecule has 1 aliphatic heterocycles. The monoisotopic (exact) mass is 787 g/mol. The zero-order valence-electron chi connectivity index (χ0n) is 36.9. The summed E-state index contributed by atoms with van der Waals surface area (Å²) in [5.74, 6) is 4.45. The Morgan fingerprint density at radius 3 is 2.11 bits per heavy atom. The maximum Gasteiger partial charge on any atom is 0.305 e. The number of hydrogen-bond donors (Lipinski definition) is 3. The normalized spacial score (nSPS) is 37.4. The van der Waals surface area contributed by atoms with E-state index in [1.807, 2.05) is 0 Å². The number of aliphatic hydroxyl groups excluding tert-OH is 3. The van der Waals surface area contributed by atoms with Crippen LogP contribution in [-0.4, -0.2) is 64.7 Å². The highest BCUT2D eigenvalue weighted by molar-refractivity contribution is 5.69. The third-order valence-electron chi connectivity index (χ3n) is 16.1. The molecule has 0 spiro atoms. The number of carbonyl (C=O) groups excluding carboxylic acids is 1. The average molecular weight is 787 g/mol. The molecule has 1 saturated heterocycles. The fraction of sp³-hybridized carbons (Fsp3) is 0.939. The van der Waals surface area contributed by atoms with Gasteiger partial charge in [0.25, 0.3) is 0 Å². The summed E-state index contributed by atoms with van der Waals surface area (Å²) in [6, 6.07) is 0. The molecule has 13 atom stereocenters. The number of unbranched alkanes of at least 4 members (excludes halogenated alkanes) is 12. The van der Waals surface area contributed by atoms with Crippen molar-refractivity contribution < 1.29 is 34.3 Å². The van der Waals surface area contributed by atoms with Crippen LogP contribution in [0.3, 0.4) is 0 Å². The molecule has 0 aromatic heterocycles. The molecule has 0 amide bonds. The molecule has 0 radical (unpaired) electrons. The highest BCUT2D eigenvalue weighted by Crippen LogP contribution is 2.67. The van der Waals surface area contributed by atoms with Gasteiger partial charge in [0.05, 0.1) is 6.10 Å². The van der Waals surface area contributed by atoms with E-state index >= 15 is 0 Å². The van der Waals surface area contributed by atoms with Crippen LogP contribution in [0.25, 0.3) is 0 Å². The summed E-state index contributed by atoms with van der Waals surface area (Å²) in [6.07, 6.45) is 26.2. The quantitative estimate of drug-likeness (QED) is 0.0538. The molecular formula is C49H86O7. The fourth-order valence-electron chi connectivity index (χ4n) is 12.7. The minimum Gasteiger partial charge on any atom is -0.463 e. The lowest BCUT2D eigenvalue weighted by Gasteiger charge is -2.58. The van der Waals surface area contributed by atoms with E-state index in [0.717, 1.165) is 74.5 Å². The minimum absolute atomic E-state index is 0.136. The predicted molar refractivity (Wildman–Crippen MR) is 226 cm³/mol. The van der Waals surface area contributed by atoms with Gasteiger partial charge in [0.1, 0.15) is 31.0 Å². The summed E-state index contributed by atoms with van der Waals surface area (Å²) in [4.78, 5) is 12.6. The molecule has 0 aromatic carbocycles. The van der Waals surface area contributed by atoms with Crippen molar-refractivity contribution in [3.63, 3.8) is 0 Å². The number of fused-ring (bicyclic) bond motifs is 5. The summed E-state index contributed by atoms with van der Waals surface area (Å²) >= 11 is 0. The molecule has 7 heteroatoms. The van der Waals surface area contributed by atoms with Crippen LogP contribution in [0.4, 0.5) is 0 Å². The molecule has 0 bridgehead atoms. The van der Waals surface area contributed by atoms with E-state index in [1.165, 1.54) is 115 Å². The number of allylic oxidation sites excluding steroid dienone is 1. The Bertz CT molecular complexity index is 1200. The van der Waals surface area contributed by atoms with Crippen molar-refractivity contribution in [2.24, 2.45) is 46.3 Å². The van der Waals surface area contributed by atoms with Gasteiger partial charge in [0, 0.05) is 6.42 Å². The van der Waals surface area contributed by atoms with Gasteiger partial charge < -0.3 is 29.5 Å². The zero-order valence-corrected chi connectivity index (χ0v) is 36.9. The lowest BCUT2D eigenvalue weighted by molar-refractivity contribution is -0.313. The second-order valence-corrected chi connectivity index (χ2v) is 20.5. The van der Waals surface area contributed by atoms with Gasteiger partial charge in [-0.1, -0.05) is 150 Å². The summed E-state index contributed by atoms with van der Waals surface area (Å²) < 4.78 is 18.0. The van der Waals surface area contributed by atoms with Crippen LogP contribution >= 0.6 is 0 Å². The molecule has 5 aliphatic rings. The molecule has 324 valence electrons. The number of carbonyl (C=O) groups is 1. The van der Waals surface area contributed by atoms with Crippen molar-refractivity contribution in [3.05, 3.63) is 11.6 Å². The molecule has 3 saturated carbocycles. The lowest BCUT2D eigenvalue weighted by Crippen LogP contribution is -2.60. The van der Waals surface area contributed by atoms with Crippen molar-refractivity contribution in [1.82, 2.24) is 0 Å². The number of esters is 1. The van der Waals surface area contributed by atoms with Crippen LogP contribution in [0.15, 0.2) is 11.6 Å². The molecular weight excluding hydrogens is 701 g/mol. The molecule has 5 rings (SSSR count). The third-order valence-corrected chi connectivity index (χ3v) is 16.1. The van der Waals surface area contributed by atoms with Crippen molar-refractivity contribution in [3.8, 4) is 0 Å². The Morgan fingerprint density at radius 2 is 1.45 bits per heavy atom. The maximum atomic E-state index is 12.6. The van der Waals surface area contributed by atoms with Gasteiger partial charge in [-0.15, -0.1) is 0 Å². The van der Waals surface area contributed by atoms with Crippen LogP contribution in [-0.2, 0) is 19.0 Å². The largest absolute Gasteiger partial charge is 0.463 e. The summed E-state index contributed by atoms with van der Waals surface area (Å²) in [5.41, 5.74) is 2.15. The first-order valence-electron chi connectivity index (χ1n) is 24.1. The average Bonchev–Trinajstić information content (AvgIpc) is 3.53. The fourth-order valence-corrected chi connectivity index (χ4v) is 12.7. The van der Waals surface area contributed by atoms with E-state index in [4.69, 9.17) is 14.2 Å². The Labute approximate surface area is 342 Å². The number of ether oxygens (including phenoxy) is 3. The smallest absolute Gasteiger partial charge is 0.305 e. The van der Waals surface area contributed by atoms with Crippen molar-refractivity contribution in [2.45, 2.75) is 239 Å². The third kappa shape index (κ3) is 11.6. The van der Waals surface area contributed by atoms with Crippen LogP contribution < -0.4 is 0 Å². The van der Waals surface area contributed by atoms with Gasteiger partial charge in [-0.2, -0.15) is 0 Å². The van der Waals surface area contributed by atoms with E-state index in [-0.39, 0.29) is 24.1 Å². The number of hydrogen-bond acceptors (Lipinski definition) is 7. The van der Waals surface area contributed by atoms with Gasteiger partial charge >= 0.3 is 5.97 Å². The van der Waals surface area contributed by atoms with Crippen molar-refractivity contribution >= 4 is 5.97 Å². The highest BCUT2D eigenvalue weighted by Gasteiger charge is 2.59. The Morgan fingerprint density at radius 1 is 0.786 bits per heavy atom. The second kappa shape index (κ2) is 22.0. The van der Waals surface area contributed by atoms with E-state index < -0.39 is 30.7 Å². The summed E-state index contributed by atoms with van der Waals surface area (Å²) in [5, 5.41) is 32.4. The Balaban J connectivity index is 1.03. The summed E-state index contributed by atoms with van der Waals surface area (Å²) in [7, 11) is 0. The van der Waals surface area contributed by atoms with Crippen LogP contribution in [0.5, 0.6) is 0 Å². The highest BCUT2D eigenvalue weighted by atomic mass is 16.7. The zero-order chi connectivity index (χ0) is 40.3. The van der Waals surface area contributed by atoms with Gasteiger partial charge in [0.2, 0.25) is 0 Å². The van der Waals surface area contributed by atoms with E-state index in [0.29, 0.717) is 17.8 Å². The first-order chi connectivity index (χ1) is 26.9. The number of aliphatic hydroxyl groups is 3. The van der Waals surface area contributed by atoms with Gasteiger partial charge in [-0.05, 0) is 104 Å². The van der Waals surface area contributed by atoms with Crippen LogP contribution in [0.2, 0.25) is 0 Å². The van der Waals surface area contributed by atoms with Crippen molar-refractivity contribution in [2.75, 3.05) is 6.61 Å². The van der Waals surface area contributed by atoms with Gasteiger partial charge in [0.15, 0.2) is 6.29 Å². The SMILES string of the molecule is CCCCCCCCCCCCCCCC(=O)OC[C@H]1O[C@@H](OC2CC[C@@]3(C)C(=CC[C@H]4[C@@H]5CC[C@H]([C@H](C)CCCC(C)C)[C@@]5(C)CC[C@@H]43)C2)[C@H](O)[C@@H](O)[C@H]1O. The first-order valence-corrected chi connectivity index (χ1v) is 24.1.